The number of hydrogen-bond donors (Lipinski definition) is 1. The normalized spacial score (nSPS) is 15.0. The number of amides is 2. The van der Waals surface area contributed by atoms with E-state index in [9.17, 15) is 9.59 Å². The van der Waals surface area contributed by atoms with E-state index < -0.39 is 0 Å². The SMILES string of the molecule is CCCCNC(=O)CN(C)c1nnc(N2CCCCC2=O)s1. The van der Waals surface area contributed by atoms with Gasteiger partial charge in [0.15, 0.2) is 0 Å². The molecule has 22 heavy (non-hydrogen) atoms. The van der Waals surface area contributed by atoms with Gasteiger partial charge in [-0.15, -0.1) is 10.2 Å². The van der Waals surface area contributed by atoms with Gasteiger partial charge in [0.05, 0.1) is 6.54 Å². The van der Waals surface area contributed by atoms with Crippen LogP contribution in [0.3, 0.4) is 0 Å². The molecular weight excluding hydrogens is 302 g/mol. The van der Waals surface area contributed by atoms with E-state index in [4.69, 9.17) is 0 Å². The van der Waals surface area contributed by atoms with Crippen molar-refractivity contribution in [3.63, 3.8) is 0 Å². The number of piperidine rings is 1. The summed E-state index contributed by atoms with van der Waals surface area (Å²) in [4.78, 5) is 27.1. The van der Waals surface area contributed by atoms with Crippen LogP contribution in [0.2, 0.25) is 0 Å². The first-order chi connectivity index (χ1) is 10.6. The third kappa shape index (κ3) is 4.40. The summed E-state index contributed by atoms with van der Waals surface area (Å²) in [6.07, 6.45) is 4.55. The van der Waals surface area contributed by atoms with Gasteiger partial charge in [-0.05, 0) is 19.3 Å². The molecule has 0 saturated carbocycles. The van der Waals surface area contributed by atoms with Gasteiger partial charge < -0.3 is 10.2 Å². The van der Waals surface area contributed by atoms with Crippen molar-refractivity contribution in [3.05, 3.63) is 0 Å². The predicted molar refractivity (Wildman–Crippen MR) is 87.3 cm³/mol. The van der Waals surface area contributed by atoms with Crippen molar-refractivity contribution in [2.24, 2.45) is 0 Å². The minimum atomic E-state index is -0.0262. The van der Waals surface area contributed by atoms with Gasteiger partial charge in [0.1, 0.15) is 0 Å². The van der Waals surface area contributed by atoms with Gasteiger partial charge >= 0.3 is 0 Å². The molecule has 0 spiro atoms. The first-order valence-corrected chi connectivity index (χ1v) is 8.55. The van der Waals surface area contributed by atoms with Gasteiger partial charge in [0.25, 0.3) is 0 Å². The van der Waals surface area contributed by atoms with Crippen molar-refractivity contribution in [3.8, 4) is 0 Å². The van der Waals surface area contributed by atoms with Crippen molar-refractivity contribution in [1.82, 2.24) is 15.5 Å². The van der Waals surface area contributed by atoms with E-state index in [0.717, 1.165) is 25.7 Å². The predicted octanol–water partition coefficient (Wildman–Crippen LogP) is 1.41. The molecule has 0 radical (unpaired) electrons. The fourth-order valence-corrected chi connectivity index (χ4v) is 3.07. The van der Waals surface area contributed by atoms with Crippen LogP contribution in [0, 0.1) is 0 Å². The van der Waals surface area contributed by atoms with Crippen LogP contribution in [0.15, 0.2) is 0 Å². The van der Waals surface area contributed by atoms with Crippen LogP contribution in [0.5, 0.6) is 0 Å². The quantitative estimate of drug-likeness (QED) is 0.767. The second kappa shape index (κ2) is 8.07. The fraction of sp³-hybridized carbons (Fsp3) is 0.714. The highest BCUT2D eigenvalue weighted by atomic mass is 32.1. The van der Waals surface area contributed by atoms with Gasteiger partial charge in [-0.1, -0.05) is 24.7 Å². The monoisotopic (exact) mass is 325 g/mol. The molecule has 2 amide bonds. The molecule has 1 aliphatic rings. The van der Waals surface area contributed by atoms with Crippen LogP contribution in [0.1, 0.15) is 39.0 Å². The number of rotatable bonds is 7. The molecule has 0 unspecified atom stereocenters. The summed E-state index contributed by atoms with van der Waals surface area (Å²) in [6.45, 7) is 3.73. The Morgan fingerprint density at radius 3 is 2.95 bits per heavy atom. The Morgan fingerprint density at radius 2 is 2.23 bits per heavy atom. The highest BCUT2D eigenvalue weighted by Crippen LogP contribution is 2.28. The number of likely N-dealkylation sites (N-methyl/N-ethyl adjacent to an activating group) is 1. The Labute approximate surface area is 134 Å². The van der Waals surface area contributed by atoms with Crippen molar-refractivity contribution >= 4 is 33.4 Å². The van der Waals surface area contributed by atoms with Gasteiger partial charge in [-0.3, -0.25) is 14.5 Å². The van der Waals surface area contributed by atoms with Crippen molar-refractivity contribution in [2.75, 3.05) is 36.5 Å². The summed E-state index contributed by atoms with van der Waals surface area (Å²) in [6, 6.07) is 0. The van der Waals surface area contributed by atoms with E-state index in [0.29, 0.717) is 29.8 Å². The fourth-order valence-electron chi connectivity index (χ4n) is 2.22. The standard InChI is InChI=1S/C14H23N5O2S/c1-3-4-8-15-11(20)10-18(2)13-16-17-14(22-13)19-9-6-5-7-12(19)21/h3-10H2,1-2H3,(H,15,20). The molecule has 122 valence electrons. The van der Waals surface area contributed by atoms with Crippen LogP contribution in [0.4, 0.5) is 10.3 Å². The number of carbonyl (C=O) groups excluding carboxylic acids is 2. The van der Waals surface area contributed by atoms with Crippen LogP contribution < -0.4 is 15.1 Å². The summed E-state index contributed by atoms with van der Waals surface area (Å²) in [5.41, 5.74) is 0. The second-order valence-electron chi connectivity index (χ2n) is 5.43. The highest BCUT2D eigenvalue weighted by Gasteiger charge is 2.23. The lowest BCUT2D eigenvalue weighted by Gasteiger charge is -2.23. The lowest BCUT2D eigenvalue weighted by Crippen LogP contribution is -2.35. The van der Waals surface area contributed by atoms with Crippen molar-refractivity contribution in [2.45, 2.75) is 39.0 Å². The van der Waals surface area contributed by atoms with E-state index in [1.165, 1.54) is 11.3 Å². The van der Waals surface area contributed by atoms with Crippen LogP contribution >= 0.6 is 11.3 Å². The number of nitrogens with one attached hydrogen (secondary N) is 1. The van der Waals surface area contributed by atoms with Crippen molar-refractivity contribution < 1.29 is 9.59 Å². The minimum Gasteiger partial charge on any atom is -0.355 e. The number of anilines is 2. The van der Waals surface area contributed by atoms with Crippen LogP contribution in [-0.4, -0.2) is 48.7 Å². The maximum Gasteiger partial charge on any atom is 0.239 e. The first-order valence-electron chi connectivity index (χ1n) is 7.73. The van der Waals surface area contributed by atoms with Crippen LogP contribution in [-0.2, 0) is 9.59 Å². The largest absolute Gasteiger partial charge is 0.355 e. The molecule has 2 heterocycles. The average Bonchev–Trinajstić information content (AvgIpc) is 2.97. The maximum absolute atomic E-state index is 11.9. The van der Waals surface area contributed by atoms with Crippen molar-refractivity contribution in [1.29, 1.82) is 0 Å². The molecule has 0 aliphatic carbocycles. The topological polar surface area (TPSA) is 78.4 Å². The van der Waals surface area contributed by atoms with E-state index in [2.05, 4.69) is 22.4 Å². The maximum atomic E-state index is 11.9. The van der Waals surface area contributed by atoms with Gasteiger partial charge in [-0.25, -0.2) is 0 Å². The van der Waals surface area contributed by atoms with E-state index in [1.54, 1.807) is 9.80 Å². The summed E-state index contributed by atoms with van der Waals surface area (Å²) in [5.74, 6) is 0.0793. The van der Waals surface area contributed by atoms with Gasteiger partial charge in [0.2, 0.25) is 22.1 Å². The summed E-state index contributed by atoms with van der Waals surface area (Å²) >= 11 is 1.35. The second-order valence-corrected chi connectivity index (χ2v) is 6.36. The summed E-state index contributed by atoms with van der Waals surface area (Å²) in [7, 11) is 1.81. The van der Waals surface area contributed by atoms with Gasteiger partial charge in [-0.2, -0.15) is 0 Å². The number of unbranched alkanes of at least 4 members (excludes halogenated alkanes) is 1. The Kier molecular flexibility index (Phi) is 6.11. The number of carbonyl (C=O) groups is 2. The molecule has 1 fully saturated rings. The first kappa shape index (κ1) is 16.7. The van der Waals surface area contributed by atoms with Crippen LogP contribution in [0.25, 0.3) is 0 Å². The Bertz CT molecular complexity index is 519. The molecule has 2 rings (SSSR count). The average molecular weight is 325 g/mol. The third-order valence-corrected chi connectivity index (χ3v) is 4.58. The molecule has 0 atom stereocenters. The minimum absolute atomic E-state index is 0.0262. The zero-order valence-electron chi connectivity index (χ0n) is 13.2. The van der Waals surface area contributed by atoms with Gasteiger partial charge in [0, 0.05) is 26.6 Å². The smallest absolute Gasteiger partial charge is 0.239 e. The van der Waals surface area contributed by atoms with E-state index in [-0.39, 0.29) is 18.4 Å². The number of hydrogen-bond acceptors (Lipinski definition) is 6. The molecule has 7 nitrogen and oxygen atoms in total. The molecule has 1 aromatic heterocycles. The molecule has 1 aliphatic heterocycles. The summed E-state index contributed by atoms with van der Waals surface area (Å²) < 4.78 is 0. The molecule has 8 heteroatoms. The highest BCUT2D eigenvalue weighted by molar-refractivity contribution is 7.19. The zero-order chi connectivity index (χ0) is 15.9. The zero-order valence-corrected chi connectivity index (χ0v) is 14.0. The molecule has 0 aromatic carbocycles. The number of aromatic nitrogens is 2. The Balaban J connectivity index is 1.89. The molecular formula is C14H23N5O2S. The molecule has 1 N–H and O–H groups in total. The van der Waals surface area contributed by atoms with E-state index in [1.807, 2.05) is 7.05 Å². The third-order valence-electron chi connectivity index (χ3n) is 3.52. The number of nitrogens with zero attached hydrogens (tertiary/aromatic N) is 4. The lowest BCUT2D eigenvalue weighted by molar-refractivity contribution is -0.120. The molecule has 0 bridgehead atoms. The Hall–Kier alpha value is -1.70. The lowest BCUT2D eigenvalue weighted by atomic mass is 10.1. The molecule has 1 aromatic rings. The molecule has 1 saturated heterocycles. The van der Waals surface area contributed by atoms with E-state index >= 15 is 0 Å². The summed E-state index contributed by atoms with van der Waals surface area (Å²) in [5, 5.41) is 12.3. The Morgan fingerprint density at radius 1 is 1.41 bits per heavy atom.